The molecule has 0 radical (unpaired) electrons. The Morgan fingerprint density at radius 3 is 2.83 bits per heavy atom. The average Bonchev–Trinajstić information content (AvgIpc) is 3.15. The molecule has 1 atom stereocenters. The standard InChI is InChI=1S/C14H19N3O4S.ClH/c18-14(17-12-3-4-15-6-12)7-16-22(19,20)13-2-1-10-8-21-9-11(10)5-13;/h1-2,5,12,15-16H,3-4,6-9H2,(H,17,18);1H. The second-order valence-corrected chi connectivity index (χ2v) is 7.27. The summed E-state index contributed by atoms with van der Waals surface area (Å²) in [5.41, 5.74) is 1.88. The third kappa shape index (κ3) is 4.42. The Kier molecular flexibility index (Phi) is 5.99. The van der Waals surface area contributed by atoms with Gasteiger partial charge in [-0.3, -0.25) is 4.79 Å². The van der Waals surface area contributed by atoms with Gasteiger partial charge in [-0.05, 0) is 36.2 Å². The van der Waals surface area contributed by atoms with Crippen LogP contribution in [0.1, 0.15) is 17.5 Å². The van der Waals surface area contributed by atoms with Crippen LogP contribution in [0.4, 0.5) is 0 Å². The van der Waals surface area contributed by atoms with E-state index in [2.05, 4.69) is 15.4 Å². The number of carbonyl (C=O) groups is 1. The van der Waals surface area contributed by atoms with Crippen LogP contribution in [0.25, 0.3) is 0 Å². The highest BCUT2D eigenvalue weighted by Crippen LogP contribution is 2.22. The van der Waals surface area contributed by atoms with Crippen molar-refractivity contribution >= 4 is 28.3 Å². The first-order chi connectivity index (χ1) is 10.5. The van der Waals surface area contributed by atoms with Gasteiger partial charge in [0, 0.05) is 12.6 Å². The van der Waals surface area contributed by atoms with E-state index in [0.717, 1.165) is 30.6 Å². The number of sulfonamides is 1. The summed E-state index contributed by atoms with van der Waals surface area (Å²) in [4.78, 5) is 11.9. The number of ether oxygens (including phenoxy) is 1. The molecule has 1 unspecified atom stereocenters. The molecule has 1 aromatic rings. The summed E-state index contributed by atoms with van der Waals surface area (Å²) < 4.78 is 32.1. The maximum absolute atomic E-state index is 12.2. The molecule has 0 aliphatic carbocycles. The van der Waals surface area contributed by atoms with E-state index in [-0.39, 0.29) is 35.8 Å². The fraction of sp³-hybridized carbons (Fsp3) is 0.500. The predicted molar refractivity (Wildman–Crippen MR) is 86.8 cm³/mol. The third-order valence-electron chi connectivity index (χ3n) is 3.85. The molecule has 0 bridgehead atoms. The monoisotopic (exact) mass is 361 g/mol. The average molecular weight is 362 g/mol. The summed E-state index contributed by atoms with van der Waals surface area (Å²) in [5, 5.41) is 5.93. The smallest absolute Gasteiger partial charge is 0.241 e. The van der Waals surface area contributed by atoms with Crippen LogP contribution in [0.15, 0.2) is 23.1 Å². The number of rotatable bonds is 5. The Labute approximate surface area is 141 Å². The number of amides is 1. The second-order valence-electron chi connectivity index (χ2n) is 5.51. The van der Waals surface area contributed by atoms with E-state index in [1.54, 1.807) is 12.1 Å². The van der Waals surface area contributed by atoms with Gasteiger partial charge in [0.1, 0.15) is 0 Å². The molecule has 1 fully saturated rings. The van der Waals surface area contributed by atoms with Crippen molar-refractivity contribution < 1.29 is 17.9 Å². The zero-order chi connectivity index (χ0) is 15.6. The van der Waals surface area contributed by atoms with Crippen LogP contribution in [-0.2, 0) is 32.8 Å². The molecule has 0 aromatic heterocycles. The van der Waals surface area contributed by atoms with Crippen LogP contribution in [0, 0.1) is 0 Å². The predicted octanol–water partition coefficient (Wildman–Crippen LogP) is -0.105. The zero-order valence-electron chi connectivity index (χ0n) is 12.5. The van der Waals surface area contributed by atoms with E-state index in [1.165, 1.54) is 6.07 Å². The quantitative estimate of drug-likeness (QED) is 0.680. The van der Waals surface area contributed by atoms with Gasteiger partial charge in [-0.15, -0.1) is 12.4 Å². The van der Waals surface area contributed by atoms with E-state index in [9.17, 15) is 13.2 Å². The van der Waals surface area contributed by atoms with Crippen molar-refractivity contribution in [2.24, 2.45) is 0 Å². The summed E-state index contributed by atoms with van der Waals surface area (Å²) in [6.45, 7) is 2.28. The Morgan fingerprint density at radius 2 is 2.09 bits per heavy atom. The van der Waals surface area contributed by atoms with Crippen LogP contribution in [0.2, 0.25) is 0 Å². The summed E-state index contributed by atoms with van der Waals surface area (Å²) in [6.07, 6.45) is 0.864. The van der Waals surface area contributed by atoms with Crippen molar-refractivity contribution in [2.45, 2.75) is 30.6 Å². The molecule has 0 saturated carbocycles. The maximum atomic E-state index is 12.2. The summed E-state index contributed by atoms with van der Waals surface area (Å²) in [7, 11) is -3.69. The molecular formula is C14H20ClN3O4S. The first kappa shape index (κ1) is 18.2. The van der Waals surface area contributed by atoms with Gasteiger partial charge in [-0.25, -0.2) is 13.1 Å². The van der Waals surface area contributed by atoms with Crippen LogP contribution >= 0.6 is 12.4 Å². The molecule has 1 saturated heterocycles. The number of hydrogen-bond acceptors (Lipinski definition) is 5. The van der Waals surface area contributed by atoms with Crippen molar-refractivity contribution in [1.29, 1.82) is 0 Å². The molecule has 3 N–H and O–H groups in total. The topological polar surface area (TPSA) is 96.5 Å². The molecule has 7 nitrogen and oxygen atoms in total. The summed E-state index contributed by atoms with van der Waals surface area (Å²) in [6, 6.07) is 4.97. The Balaban J connectivity index is 0.00000192. The minimum absolute atomic E-state index is 0. The number of benzene rings is 1. The maximum Gasteiger partial charge on any atom is 0.241 e. The van der Waals surface area contributed by atoms with Crippen molar-refractivity contribution in [1.82, 2.24) is 15.4 Å². The molecule has 0 spiro atoms. The molecule has 2 heterocycles. The Morgan fingerprint density at radius 1 is 1.30 bits per heavy atom. The highest BCUT2D eigenvalue weighted by atomic mass is 35.5. The van der Waals surface area contributed by atoms with Crippen molar-refractivity contribution in [3.05, 3.63) is 29.3 Å². The number of halogens is 1. The molecule has 2 aliphatic rings. The van der Waals surface area contributed by atoms with Gasteiger partial charge in [0.2, 0.25) is 15.9 Å². The lowest BCUT2D eigenvalue weighted by Gasteiger charge is -2.12. The van der Waals surface area contributed by atoms with E-state index >= 15 is 0 Å². The van der Waals surface area contributed by atoms with Gasteiger partial charge in [0.15, 0.2) is 0 Å². The second kappa shape index (κ2) is 7.59. The summed E-state index contributed by atoms with van der Waals surface area (Å²) in [5.74, 6) is -0.318. The molecule has 3 rings (SSSR count). The molecule has 23 heavy (non-hydrogen) atoms. The van der Waals surface area contributed by atoms with Crippen LogP contribution in [-0.4, -0.2) is 40.0 Å². The van der Waals surface area contributed by atoms with E-state index in [4.69, 9.17) is 4.74 Å². The van der Waals surface area contributed by atoms with E-state index in [0.29, 0.717) is 13.2 Å². The van der Waals surface area contributed by atoms with Crippen molar-refractivity contribution in [3.63, 3.8) is 0 Å². The fourth-order valence-electron chi connectivity index (χ4n) is 2.62. The molecule has 1 aromatic carbocycles. The normalized spacial score (nSPS) is 19.9. The number of nitrogens with one attached hydrogen (secondary N) is 3. The number of carbonyl (C=O) groups excluding carboxylic acids is 1. The molecular weight excluding hydrogens is 342 g/mol. The lowest BCUT2D eigenvalue weighted by atomic mass is 10.1. The Bertz CT molecular complexity index is 675. The van der Waals surface area contributed by atoms with Crippen LogP contribution in [0.3, 0.4) is 0 Å². The van der Waals surface area contributed by atoms with Crippen LogP contribution in [0.5, 0.6) is 0 Å². The highest BCUT2D eigenvalue weighted by Gasteiger charge is 2.21. The van der Waals surface area contributed by atoms with Crippen molar-refractivity contribution in [2.75, 3.05) is 19.6 Å². The first-order valence-electron chi connectivity index (χ1n) is 7.24. The van der Waals surface area contributed by atoms with E-state index < -0.39 is 10.0 Å². The fourth-order valence-corrected chi connectivity index (χ4v) is 3.65. The minimum atomic E-state index is -3.69. The SMILES string of the molecule is Cl.O=C(CNS(=O)(=O)c1ccc2c(c1)COC2)NC1CCNC1. The lowest BCUT2D eigenvalue weighted by Crippen LogP contribution is -2.42. The highest BCUT2D eigenvalue weighted by molar-refractivity contribution is 7.89. The Hall–Kier alpha value is -1.19. The van der Waals surface area contributed by atoms with Gasteiger partial charge in [-0.2, -0.15) is 0 Å². The zero-order valence-corrected chi connectivity index (χ0v) is 14.1. The minimum Gasteiger partial charge on any atom is -0.372 e. The third-order valence-corrected chi connectivity index (χ3v) is 5.25. The largest absolute Gasteiger partial charge is 0.372 e. The molecule has 128 valence electrons. The number of hydrogen-bond donors (Lipinski definition) is 3. The number of fused-ring (bicyclic) bond motifs is 1. The lowest BCUT2D eigenvalue weighted by molar-refractivity contribution is -0.120. The van der Waals surface area contributed by atoms with E-state index in [1.807, 2.05) is 0 Å². The summed E-state index contributed by atoms with van der Waals surface area (Å²) >= 11 is 0. The molecule has 9 heteroatoms. The van der Waals surface area contributed by atoms with Crippen LogP contribution < -0.4 is 15.4 Å². The van der Waals surface area contributed by atoms with Crippen molar-refractivity contribution in [3.8, 4) is 0 Å². The van der Waals surface area contributed by atoms with Gasteiger partial charge in [0.25, 0.3) is 0 Å². The van der Waals surface area contributed by atoms with Gasteiger partial charge < -0.3 is 15.4 Å². The molecule has 1 amide bonds. The van der Waals surface area contributed by atoms with Gasteiger partial charge >= 0.3 is 0 Å². The van der Waals surface area contributed by atoms with Gasteiger partial charge in [0.05, 0.1) is 24.7 Å². The molecule has 2 aliphatic heterocycles. The van der Waals surface area contributed by atoms with Gasteiger partial charge in [-0.1, -0.05) is 6.07 Å². The first-order valence-corrected chi connectivity index (χ1v) is 8.72.